The Balaban J connectivity index is 2.30. The van der Waals surface area contributed by atoms with Crippen LogP contribution in [0.15, 0.2) is 63.9 Å². The monoisotopic (exact) mass is 351 g/mol. The van der Waals surface area contributed by atoms with Gasteiger partial charge in [-0.1, -0.05) is 53.5 Å². The SMILES string of the molecule is NC(=S)N=N/C(=N/Nc1ccc(Cl)cc1Cl)c1ccccc1. The minimum absolute atomic E-state index is 0.0758. The average molecular weight is 352 g/mol. The second kappa shape index (κ2) is 7.84. The first-order chi connectivity index (χ1) is 10.6. The number of amidine groups is 1. The molecule has 2 aromatic rings. The van der Waals surface area contributed by atoms with Crippen LogP contribution in [0.5, 0.6) is 0 Å². The fourth-order valence-electron chi connectivity index (χ4n) is 1.52. The molecular weight excluding hydrogens is 341 g/mol. The molecule has 0 aliphatic carbocycles. The highest BCUT2D eigenvalue weighted by Gasteiger charge is 2.04. The summed E-state index contributed by atoms with van der Waals surface area (Å²) in [5, 5.41) is 12.7. The maximum absolute atomic E-state index is 6.08. The molecule has 0 bridgehead atoms. The highest BCUT2D eigenvalue weighted by molar-refractivity contribution is 7.80. The third kappa shape index (κ3) is 4.77. The van der Waals surface area contributed by atoms with Crippen molar-refractivity contribution >= 4 is 52.1 Å². The fourth-order valence-corrected chi connectivity index (χ4v) is 2.01. The van der Waals surface area contributed by atoms with E-state index in [2.05, 4.69) is 33.0 Å². The Morgan fingerprint density at radius 2 is 1.77 bits per heavy atom. The van der Waals surface area contributed by atoms with Crippen molar-refractivity contribution in [3.05, 3.63) is 64.1 Å². The molecule has 0 aliphatic rings. The maximum atomic E-state index is 6.08. The molecule has 0 unspecified atom stereocenters. The molecule has 5 nitrogen and oxygen atoms in total. The molecule has 0 saturated carbocycles. The number of hydrogen-bond donors (Lipinski definition) is 2. The number of nitrogens with one attached hydrogen (secondary N) is 1. The number of rotatable bonds is 3. The zero-order valence-corrected chi connectivity index (χ0v) is 13.5. The van der Waals surface area contributed by atoms with E-state index in [9.17, 15) is 0 Å². The quantitative estimate of drug-likeness (QED) is 0.281. The molecule has 22 heavy (non-hydrogen) atoms. The third-order valence-corrected chi connectivity index (χ3v) is 3.12. The van der Waals surface area contributed by atoms with Crippen molar-refractivity contribution in [2.45, 2.75) is 0 Å². The van der Waals surface area contributed by atoms with E-state index in [0.717, 1.165) is 5.56 Å². The van der Waals surface area contributed by atoms with Crippen LogP contribution in [0.2, 0.25) is 10.0 Å². The van der Waals surface area contributed by atoms with Crippen LogP contribution in [-0.4, -0.2) is 10.9 Å². The first kappa shape index (κ1) is 16.4. The van der Waals surface area contributed by atoms with Crippen molar-refractivity contribution in [3.63, 3.8) is 0 Å². The van der Waals surface area contributed by atoms with E-state index in [1.165, 1.54) is 0 Å². The van der Waals surface area contributed by atoms with Gasteiger partial charge in [0.05, 0.1) is 10.7 Å². The molecule has 0 amide bonds. The molecular formula is C14H11Cl2N5S. The first-order valence-electron chi connectivity index (χ1n) is 6.11. The number of nitrogens with zero attached hydrogens (tertiary/aromatic N) is 3. The highest BCUT2D eigenvalue weighted by Crippen LogP contribution is 2.25. The van der Waals surface area contributed by atoms with Gasteiger partial charge in [-0.25, -0.2) is 0 Å². The summed E-state index contributed by atoms with van der Waals surface area (Å²) in [6.07, 6.45) is 0. The van der Waals surface area contributed by atoms with Gasteiger partial charge in [-0.15, -0.1) is 10.2 Å². The number of benzene rings is 2. The largest absolute Gasteiger partial charge is 0.373 e. The summed E-state index contributed by atoms with van der Waals surface area (Å²) in [6, 6.07) is 14.3. The van der Waals surface area contributed by atoms with Gasteiger partial charge in [0.25, 0.3) is 0 Å². The van der Waals surface area contributed by atoms with Gasteiger partial charge in [-0.05, 0) is 30.4 Å². The number of hydrazone groups is 1. The molecule has 112 valence electrons. The summed E-state index contributed by atoms with van der Waals surface area (Å²) >= 11 is 16.6. The van der Waals surface area contributed by atoms with Crippen LogP contribution >= 0.6 is 35.4 Å². The fraction of sp³-hybridized carbons (Fsp3) is 0. The van der Waals surface area contributed by atoms with Crippen LogP contribution < -0.4 is 11.2 Å². The molecule has 0 fully saturated rings. The Morgan fingerprint density at radius 1 is 1.05 bits per heavy atom. The minimum Gasteiger partial charge on any atom is -0.373 e. The molecule has 3 N–H and O–H groups in total. The van der Waals surface area contributed by atoms with Crippen molar-refractivity contribution in [3.8, 4) is 0 Å². The minimum atomic E-state index is -0.0758. The zero-order chi connectivity index (χ0) is 15.9. The smallest absolute Gasteiger partial charge is 0.211 e. The molecule has 0 aromatic heterocycles. The lowest BCUT2D eigenvalue weighted by atomic mass is 10.2. The van der Waals surface area contributed by atoms with E-state index in [0.29, 0.717) is 21.6 Å². The zero-order valence-electron chi connectivity index (χ0n) is 11.2. The average Bonchev–Trinajstić information content (AvgIpc) is 2.49. The van der Waals surface area contributed by atoms with Gasteiger partial charge in [-0.3, -0.25) is 5.43 Å². The second-order valence-corrected chi connectivity index (χ2v) is 5.34. The maximum Gasteiger partial charge on any atom is 0.211 e. The molecule has 2 aromatic carbocycles. The molecule has 0 spiro atoms. The van der Waals surface area contributed by atoms with Gasteiger partial charge in [0.15, 0.2) is 0 Å². The van der Waals surface area contributed by atoms with Crippen LogP contribution in [0.4, 0.5) is 5.69 Å². The lowest BCUT2D eigenvalue weighted by molar-refractivity contribution is 1.25. The van der Waals surface area contributed by atoms with E-state index in [1.807, 2.05) is 30.3 Å². The van der Waals surface area contributed by atoms with Crippen molar-refractivity contribution in [2.24, 2.45) is 21.1 Å². The lowest BCUT2D eigenvalue weighted by Gasteiger charge is -2.05. The van der Waals surface area contributed by atoms with Crippen molar-refractivity contribution < 1.29 is 0 Å². The van der Waals surface area contributed by atoms with Crippen molar-refractivity contribution in [2.75, 3.05) is 5.43 Å². The predicted octanol–water partition coefficient (Wildman–Crippen LogP) is 4.46. The molecule has 0 radical (unpaired) electrons. The molecule has 0 atom stereocenters. The van der Waals surface area contributed by atoms with E-state index in [-0.39, 0.29) is 5.11 Å². The molecule has 0 aliphatic heterocycles. The van der Waals surface area contributed by atoms with Gasteiger partial charge in [-0.2, -0.15) is 5.10 Å². The van der Waals surface area contributed by atoms with Crippen molar-refractivity contribution in [1.82, 2.24) is 0 Å². The predicted molar refractivity (Wildman–Crippen MR) is 94.7 cm³/mol. The molecule has 0 saturated heterocycles. The molecule has 8 heteroatoms. The summed E-state index contributed by atoms with van der Waals surface area (Å²) in [6.45, 7) is 0. The van der Waals surface area contributed by atoms with Gasteiger partial charge in [0, 0.05) is 10.6 Å². The Morgan fingerprint density at radius 3 is 2.41 bits per heavy atom. The number of anilines is 1. The van der Waals surface area contributed by atoms with E-state index < -0.39 is 0 Å². The van der Waals surface area contributed by atoms with Gasteiger partial charge in [0.2, 0.25) is 10.9 Å². The number of hydrogen-bond acceptors (Lipinski definition) is 3. The third-order valence-electron chi connectivity index (χ3n) is 2.49. The molecule has 2 rings (SSSR count). The standard InChI is InChI=1S/C14H11Cl2N5S/c15-10-6-7-12(11(16)8-10)18-19-13(20-21-14(17)22)9-4-2-1-3-5-9/h1-8,18H,(H2,17,22)/b19-13+,21-20?. The number of halogens is 2. The lowest BCUT2D eigenvalue weighted by Crippen LogP contribution is -2.06. The van der Waals surface area contributed by atoms with Gasteiger partial charge < -0.3 is 5.73 Å². The topological polar surface area (TPSA) is 75.1 Å². The highest BCUT2D eigenvalue weighted by atomic mass is 35.5. The Kier molecular flexibility index (Phi) is 5.83. The normalized spacial score (nSPS) is 11.6. The Bertz CT molecular complexity index is 731. The van der Waals surface area contributed by atoms with Crippen LogP contribution in [0, 0.1) is 0 Å². The van der Waals surface area contributed by atoms with Crippen LogP contribution in [-0.2, 0) is 0 Å². The summed E-state index contributed by atoms with van der Waals surface area (Å²) in [5.74, 6) is 0.319. The van der Waals surface area contributed by atoms with Gasteiger partial charge in [0.1, 0.15) is 0 Å². The summed E-state index contributed by atoms with van der Waals surface area (Å²) in [5.41, 5.74) is 9.49. The van der Waals surface area contributed by atoms with Gasteiger partial charge >= 0.3 is 0 Å². The first-order valence-corrected chi connectivity index (χ1v) is 7.28. The number of azo groups is 1. The van der Waals surface area contributed by atoms with E-state index in [1.54, 1.807) is 18.2 Å². The van der Waals surface area contributed by atoms with Crippen LogP contribution in [0.3, 0.4) is 0 Å². The van der Waals surface area contributed by atoms with Crippen molar-refractivity contribution in [1.29, 1.82) is 0 Å². The summed E-state index contributed by atoms with van der Waals surface area (Å²) < 4.78 is 0. The Labute approximate surface area is 142 Å². The van der Waals surface area contributed by atoms with Crippen LogP contribution in [0.25, 0.3) is 0 Å². The summed E-state index contributed by atoms with van der Waals surface area (Å²) in [4.78, 5) is 0. The number of nitrogens with two attached hydrogens (primary N) is 1. The van der Waals surface area contributed by atoms with Crippen LogP contribution in [0.1, 0.15) is 5.56 Å². The van der Waals surface area contributed by atoms with E-state index >= 15 is 0 Å². The number of thiocarbonyl (C=S) groups is 1. The van der Waals surface area contributed by atoms with E-state index in [4.69, 9.17) is 28.9 Å². The second-order valence-electron chi connectivity index (χ2n) is 4.08. The molecule has 0 heterocycles. The Hall–Kier alpha value is -2.02. The summed E-state index contributed by atoms with van der Waals surface area (Å²) in [7, 11) is 0.